The summed E-state index contributed by atoms with van der Waals surface area (Å²) in [5, 5.41) is 2.91. The van der Waals surface area contributed by atoms with E-state index in [0.29, 0.717) is 18.9 Å². The fraction of sp³-hybridized carbons (Fsp3) is 0.462. The van der Waals surface area contributed by atoms with Gasteiger partial charge in [0.2, 0.25) is 5.91 Å². The average molecular weight is 462 g/mol. The molecule has 4 amide bonds. The van der Waals surface area contributed by atoms with Gasteiger partial charge in [-0.25, -0.2) is 9.78 Å². The van der Waals surface area contributed by atoms with Gasteiger partial charge in [-0.2, -0.15) is 0 Å². The van der Waals surface area contributed by atoms with E-state index in [4.69, 9.17) is 0 Å². The minimum Gasteiger partial charge on any atom is -0.363 e. The monoisotopic (exact) mass is 461 g/mol. The highest BCUT2D eigenvalue weighted by Gasteiger charge is 2.55. The number of aromatic nitrogens is 1. The number of nitrogens with zero attached hydrogens (tertiary/aromatic N) is 4. The number of fused-ring (bicyclic) bond motifs is 2. The Hall–Kier alpha value is -3.42. The Morgan fingerprint density at radius 2 is 1.97 bits per heavy atom. The van der Waals surface area contributed by atoms with E-state index >= 15 is 0 Å². The van der Waals surface area contributed by atoms with Crippen LogP contribution in [0.4, 0.5) is 10.6 Å². The fourth-order valence-corrected chi connectivity index (χ4v) is 5.22. The van der Waals surface area contributed by atoms with Gasteiger partial charge in [-0.1, -0.05) is 30.3 Å². The largest absolute Gasteiger partial charge is 0.363 e. The quantitative estimate of drug-likeness (QED) is 0.641. The fourth-order valence-electron chi connectivity index (χ4n) is 5.22. The molecule has 34 heavy (non-hydrogen) atoms. The molecule has 0 unspecified atom stereocenters. The summed E-state index contributed by atoms with van der Waals surface area (Å²) < 4.78 is 0. The average Bonchev–Trinajstić information content (AvgIpc) is 3.58. The molecule has 1 N–H and O–H groups in total. The van der Waals surface area contributed by atoms with Gasteiger partial charge in [-0.15, -0.1) is 0 Å². The lowest BCUT2D eigenvalue weighted by molar-refractivity contribution is -0.141. The Balaban J connectivity index is 1.35. The Morgan fingerprint density at radius 1 is 1.21 bits per heavy atom. The van der Waals surface area contributed by atoms with Crippen LogP contribution in [-0.4, -0.2) is 59.3 Å². The summed E-state index contributed by atoms with van der Waals surface area (Å²) in [5.41, 5.74) is 1.79. The Kier molecular flexibility index (Phi) is 5.54. The summed E-state index contributed by atoms with van der Waals surface area (Å²) in [5.74, 6) is 0.752. The van der Waals surface area contributed by atoms with Crippen molar-refractivity contribution in [3.8, 4) is 0 Å². The van der Waals surface area contributed by atoms with Crippen LogP contribution in [0.15, 0.2) is 42.6 Å². The molecule has 1 aliphatic heterocycles. The van der Waals surface area contributed by atoms with Gasteiger partial charge in [0.25, 0.3) is 5.91 Å². The van der Waals surface area contributed by atoms with Crippen LogP contribution in [0.3, 0.4) is 0 Å². The molecule has 1 saturated heterocycles. The maximum absolute atomic E-state index is 13.5. The van der Waals surface area contributed by atoms with E-state index in [1.807, 2.05) is 55.4 Å². The first-order valence-electron chi connectivity index (χ1n) is 11.9. The summed E-state index contributed by atoms with van der Waals surface area (Å²) in [6.07, 6.45) is 5.21. The van der Waals surface area contributed by atoms with E-state index < -0.39 is 11.6 Å². The number of rotatable bonds is 7. The highest BCUT2D eigenvalue weighted by atomic mass is 16.2. The summed E-state index contributed by atoms with van der Waals surface area (Å²) >= 11 is 0. The maximum Gasteiger partial charge on any atom is 0.325 e. The van der Waals surface area contributed by atoms with Crippen LogP contribution >= 0.6 is 0 Å². The Bertz CT molecular complexity index is 1130. The van der Waals surface area contributed by atoms with E-state index in [2.05, 4.69) is 17.2 Å². The Morgan fingerprint density at radius 3 is 2.65 bits per heavy atom. The van der Waals surface area contributed by atoms with Gasteiger partial charge in [0.05, 0.1) is 0 Å². The van der Waals surface area contributed by atoms with Gasteiger partial charge in [-0.3, -0.25) is 14.5 Å². The highest BCUT2D eigenvalue weighted by Crippen LogP contribution is 2.41. The molecule has 1 aromatic carbocycles. The number of carbonyl (C=O) groups excluding carboxylic acids is 3. The van der Waals surface area contributed by atoms with Gasteiger partial charge in [0.15, 0.2) is 0 Å². The summed E-state index contributed by atoms with van der Waals surface area (Å²) in [6.45, 7) is 2.20. The zero-order valence-electron chi connectivity index (χ0n) is 20.0. The van der Waals surface area contributed by atoms with Crippen LogP contribution in [0.5, 0.6) is 0 Å². The summed E-state index contributed by atoms with van der Waals surface area (Å²) in [4.78, 5) is 49.2. The van der Waals surface area contributed by atoms with Gasteiger partial charge in [0.1, 0.15) is 17.9 Å². The predicted octanol–water partition coefficient (Wildman–Crippen LogP) is 2.67. The number of pyridine rings is 1. The topological polar surface area (TPSA) is 85.8 Å². The van der Waals surface area contributed by atoms with Crippen molar-refractivity contribution >= 4 is 23.7 Å². The standard InChI is InChI=1S/C26H31N5O3/c1-17(19-9-10-19)30(15-18-8-11-22(27-14-18)29(2)3)23(32)16-31-24(33)26(28-25(31)34)13-12-20-6-4-5-7-21(20)26/h4-8,11,14,17,19H,9-10,12-13,15-16H2,1-3H3,(H,28,34)/t17-,26-/m0/s1. The zero-order valence-corrected chi connectivity index (χ0v) is 20.0. The highest BCUT2D eigenvalue weighted by molar-refractivity contribution is 6.09. The van der Waals surface area contributed by atoms with E-state index in [9.17, 15) is 14.4 Å². The van der Waals surface area contributed by atoms with Crippen molar-refractivity contribution in [2.45, 2.75) is 50.7 Å². The minimum atomic E-state index is -1.05. The van der Waals surface area contributed by atoms with Gasteiger partial charge < -0.3 is 15.1 Å². The third kappa shape index (κ3) is 3.81. The molecular formula is C26H31N5O3. The number of aryl methyl sites for hydroxylation is 1. The first-order chi connectivity index (χ1) is 16.3. The second-order valence-electron chi connectivity index (χ2n) is 9.90. The van der Waals surface area contributed by atoms with Gasteiger partial charge >= 0.3 is 6.03 Å². The molecule has 8 nitrogen and oxygen atoms in total. The molecule has 3 aliphatic rings. The minimum absolute atomic E-state index is 0.0305. The summed E-state index contributed by atoms with van der Waals surface area (Å²) in [7, 11) is 3.86. The number of anilines is 1. The number of hydrogen-bond donors (Lipinski definition) is 1. The van der Waals surface area contributed by atoms with Crippen LogP contribution in [-0.2, 0) is 28.1 Å². The lowest BCUT2D eigenvalue weighted by Gasteiger charge is -2.31. The number of imide groups is 1. The molecule has 2 atom stereocenters. The molecule has 0 bridgehead atoms. The third-order valence-electron chi connectivity index (χ3n) is 7.45. The second-order valence-corrected chi connectivity index (χ2v) is 9.90. The molecule has 1 saturated carbocycles. The van der Waals surface area contributed by atoms with Crippen molar-refractivity contribution in [1.29, 1.82) is 0 Å². The third-order valence-corrected chi connectivity index (χ3v) is 7.45. The van der Waals surface area contributed by atoms with Crippen molar-refractivity contribution in [1.82, 2.24) is 20.1 Å². The number of benzene rings is 1. The lowest BCUT2D eigenvalue weighted by Crippen LogP contribution is -2.47. The smallest absolute Gasteiger partial charge is 0.325 e. The van der Waals surface area contributed by atoms with Crippen LogP contribution < -0.4 is 10.2 Å². The SMILES string of the molecule is C[C@@H](C1CC1)N(Cc1ccc(N(C)C)nc1)C(=O)CN1C(=O)N[C@]2(CCc3ccccc32)C1=O. The molecule has 2 fully saturated rings. The van der Waals surface area contributed by atoms with Crippen LogP contribution in [0.2, 0.25) is 0 Å². The zero-order chi connectivity index (χ0) is 24.0. The maximum atomic E-state index is 13.5. The number of amides is 4. The molecule has 5 rings (SSSR count). The molecule has 2 aromatic rings. The van der Waals surface area contributed by atoms with Gasteiger partial charge in [-0.05, 0) is 61.3 Å². The summed E-state index contributed by atoms with van der Waals surface area (Å²) in [6, 6.07) is 11.2. The van der Waals surface area contributed by atoms with Crippen LogP contribution in [0.25, 0.3) is 0 Å². The van der Waals surface area contributed by atoms with E-state index in [1.165, 1.54) is 0 Å². The van der Waals surface area contributed by atoms with Crippen molar-refractivity contribution in [3.63, 3.8) is 0 Å². The van der Waals surface area contributed by atoms with Crippen molar-refractivity contribution < 1.29 is 14.4 Å². The molecular weight excluding hydrogens is 430 g/mol. The number of hydrogen-bond acceptors (Lipinski definition) is 5. The van der Waals surface area contributed by atoms with Crippen molar-refractivity contribution in [2.75, 3.05) is 25.5 Å². The predicted molar refractivity (Wildman–Crippen MR) is 128 cm³/mol. The van der Waals surface area contributed by atoms with E-state index in [0.717, 1.165) is 46.7 Å². The molecule has 1 aromatic heterocycles. The molecule has 2 heterocycles. The molecule has 8 heteroatoms. The van der Waals surface area contributed by atoms with Crippen molar-refractivity contribution in [3.05, 3.63) is 59.3 Å². The normalized spacial score (nSPS) is 22.0. The number of urea groups is 1. The first-order valence-corrected chi connectivity index (χ1v) is 11.9. The van der Waals surface area contributed by atoms with Gasteiger partial charge in [0, 0.05) is 32.9 Å². The van der Waals surface area contributed by atoms with E-state index in [1.54, 1.807) is 11.1 Å². The second kappa shape index (κ2) is 8.42. The molecule has 1 spiro atoms. The van der Waals surface area contributed by atoms with Crippen LogP contribution in [0.1, 0.15) is 42.9 Å². The number of carbonyl (C=O) groups is 3. The lowest BCUT2D eigenvalue weighted by atomic mass is 9.92. The molecule has 2 aliphatic carbocycles. The van der Waals surface area contributed by atoms with Crippen molar-refractivity contribution in [2.24, 2.45) is 5.92 Å². The molecule has 178 valence electrons. The number of nitrogens with one attached hydrogen (secondary N) is 1. The van der Waals surface area contributed by atoms with E-state index in [-0.39, 0.29) is 24.4 Å². The van der Waals surface area contributed by atoms with Crippen LogP contribution in [0, 0.1) is 5.92 Å². The first kappa shape index (κ1) is 22.4. The molecule has 0 radical (unpaired) electrons. The Labute approximate surface area is 199 Å².